The van der Waals surface area contributed by atoms with E-state index in [1.54, 1.807) is 36.4 Å². The maximum atomic E-state index is 12.7. The van der Waals surface area contributed by atoms with Crippen molar-refractivity contribution < 1.29 is 18.0 Å². The number of piperazine rings is 1. The van der Waals surface area contributed by atoms with Crippen molar-refractivity contribution in [1.82, 2.24) is 9.80 Å². The third-order valence-corrected chi connectivity index (χ3v) is 7.73. The van der Waals surface area contributed by atoms with Crippen LogP contribution in [0.3, 0.4) is 0 Å². The first kappa shape index (κ1) is 22.4. The van der Waals surface area contributed by atoms with Gasteiger partial charge in [-0.25, -0.2) is 8.42 Å². The molecule has 2 heterocycles. The first-order valence-electron chi connectivity index (χ1n) is 10.8. The summed E-state index contributed by atoms with van der Waals surface area (Å²) in [5.41, 5.74) is 1.56. The molecule has 0 saturated carbocycles. The number of anilines is 2. The van der Waals surface area contributed by atoms with Gasteiger partial charge in [0.2, 0.25) is 5.91 Å². The van der Waals surface area contributed by atoms with Crippen LogP contribution in [0, 0.1) is 0 Å². The lowest BCUT2D eigenvalue weighted by molar-refractivity contribution is -0.117. The average Bonchev–Trinajstić information content (AvgIpc) is 3.15. The van der Waals surface area contributed by atoms with Gasteiger partial charge in [0.05, 0.1) is 29.3 Å². The Morgan fingerprint density at radius 1 is 0.906 bits per heavy atom. The maximum Gasteiger partial charge on any atom is 0.257 e. The Labute approximate surface area is 188 Å². The molecule has 2 aliphatic rings. The monoisotopic (exact) mass is 456 g/mol. The first-order valence-corrected chi connectivity index (χ1v) is 12.6. The standard InChI is InChI=1S/C23H28N4O4S/c28-22(16-26-11-13-27(14-12-26)19-10-15-32(30,31)17-19)25-21-9-5-4-8-20(21)23(29)24-18-6-2-1-3-7-18/h1-9,19H,10-17H2,(H,24,29)(H,25,28)/t19-/m0/s1. The lowest BCUT2D eigenvalue weighted by Crippen LogP contribution is -2.52. The molecular formula is C23H28N4O4S. The molecule has 0 bridgehead atoms. The minimum Gasteiger partial charge on any atom is -0.324 e. The zero-order valence-electron chi connectivity index (χ0n) is 17.9. The van der Waals surface area contributed by atoms with Crippen molar-refractivity contribution in [3.8, 4) is 0 Å². The number of sulfone groups is 1. The van der Waals surface area contributed by atoms with E-state index < -0.39 is 9.84 Å². The minimum absolute atomic E-state index is 0.103. The van der Waals surface area contributed by atoms with E-state index in [0.717, 1.165) is 13.1 Å². The molecule has 0 aromatic heterocycles. The van der Waals surface area contributed by atoms with Crippen LogP contribution in [0.1, 0.15) is 16.8 Å². The number of nitrogens with one attached hydrogen (secondary N) is 2. The summed E-state index contributed by atoms with van der Waals surface area (Å²) in [5, 5.41) is 5.71. The minimum atomic E-state index is -2.90. The summed E-state index contributed by atoms with van der Waals surface area (Å²) in [4.78, 5) is 29.6. The summed E-state index contributed by atoms with van der Waals surface area (Å²) < 4.78 is 23.5. The number of carbonyl (C=O) groups is 2. The summed E-state index contributed by atoms with van der Waals surface area (Å²) >= 11 is 0. The van der Waals surface area contributed by atoms with E-state index >= 15 is 0 Å². The predicted molar refractivity (Wildman–Crippen MR) is 125 cm³/mol. The van der Waals surface area contributed by atoms with Gasteiger partial charge >= 0.3 is 0 Å². The Kier molecular flexibility index (Phi) is 6.88. The quantitative estimate of drug-likeness (QED) is 0.686. The second-order valence-electron chi connectivity index (χ2n) is 8.28. The van der Waals surface area contributed by atoms with Crippen LogP contribution in [0.25, 0.3) is 0 Å². The van der Waals surface area contributed by atoms with Crippen molar-refractivity contribution in [3.63, 3.8) is 0 Å². The average molecular weight is 457 g/mol. The highest BCUT2D eigenvalue weighted by Gasteiger charge is 2.33. The Morgan fingerprint density at radius 3 is 2.28 bits per heavy atom. The Balaban J connectivity index is 1.30. The Morgan fingerprint density at radius 2 is 1.59 bits per heavy atom. The van der Waals surface area contributed by atoms with Gasteiger partial charge in [-0.2, -0.15) is 0 Å². The summed E-state index contributed by atoms with van der Waals surface area (Å²) in [7, 11) is -2.90. The van der Waals surface area contributed by atoms with E-state index in [1.165, 1.54) is 0 Å². The highest BCUT2D eigenvalue weighted by Crippen LogP contribution is 2.20. The van der Waals surface area contributed by atoms with Crippen LogP contribution < -0.4 is 10.6 Å². The van der Waals surface area contributed by atoms with Crippen LogP contribution in [0.2, 0.25) is 0 Å². The van der Waals surface area contributed by atoms with Gasteiger partial charge in [-0.15, -0.1) is 0 Å². The molecule has 0 spiro atoms. The van der Waals surface area contributed by atoms with E-state index in [1.807, 2.05) is 18.2 Å². The second-order valence-corrected chi connectivity index (χ2v) is 10.5. The van der Waals surface area contributed by atoms with Gasteiger partial charge < -0.3 is 10.6 Å². The molecular weight excluding hydrogens is 428 g/mol. The van der Waals surface area contributed by atoms with E-state index in [4.69, 9.17) is 0 Å². The summed E-state index contributed by atoms with van der Waals surface area (Å²) in [6.07, 6.45) is 0.699. The number of hydrogen-bond acceptors (Lipinski definition) is 6. The predicted octanol–water partition coefficient (Wildman–Crippen LogP) is 1.68. The molecule has 0 unspecified atom stereocenters. The molecule has 1 atom stereocenters. The zero-order valence-corrected chi connectivity index (χ0v) is 18.7. The van der Waals surface area contributed by atoms with Gasteiger partial charge in [0.1, 0.15) is 0 Å². The fourth-order valence-electron chi connectivity index (χ4n) is 4.25. The molecule has 2 aliphatic heterocycles. The molecule has 2 amide bonds. The Hall–Kier alpha value is -2.75. The fraction of sp³-hybridized carbons (Fsp3) is 0.391. The van der Waals surface area contributed by atoms with E-state index in [9.17, 15) is 18.0 Å². The maximum absolute atomic E-state index is 12.7. The smallest absolute Gasteiger partial charge is 0.257 e. The molecule has 170 valence electrons. The molecule has 2 fully saturated rings. The Bertz CT molecular complexity index is 1070. The topological polar surface area (TPSA) is 98.8 Å². The highest BCUT2D eigenvalue weighted by atomic mass is 32.2. The van der Waals surface area contributed by atoms with Crippen LogP contribution in [-0.4, -0.2) is 80.3 Å². The summed E-state index contributed by atoms with van der Waals surface area (Å²) in [5.74, 6) is 0.0569. The third kappa shape index (κ3) is 5.73. The molecule has 4 rings (SSSR count). The molecule has 2 aromatic rings. The number of hydrogen-bond donors (Lipinski definition) is 2. The van der Waals surface area contributed by atoms with Gasteiger partial charge in [-0.05, 0) is 30.7 Å². The molecule has 0 radical (unpaired) electrons. The zero-order chi connectivity index (χ0) is 22.6. The largest absolute Gasteiger partial charge is 0.324 e. The molecule has 2 saturated heterocycles. The number of benzene rings is 2. The third-order valence-electron chi connectivity index (χ3n) is 5.98. The molecule has 2 N–H and O–H groups in total. The number of amides is 2. The van der Waals surface area contributed by atoms with E-state index in [2.05, 4.69) is 20.4 Å². The highest BCUT2D eigenvalue weighted by molar-refractivity contribution is 7.91. The van der Waals surface area contributed by atoms with Crippen molar-refractivity contribution in [2.24, 2.45) is 0 Å². The molecule has 2 aromatic carbocycles. The van der Waals surface area contributed by atoms with E-state index in [0.29, 0.717) is 36.4 Å². The summed E-state index contributed by atoms with van der Waals surface area (Å²) in [6.45, 7) is 3.15. The van der Waals surface area contributed by atoms with Gasteiger partial charge in [0, 0.05) is 37.9 Å². The van der Waals surface area contributed by atoms with Crippen LogP contribution in [-0.2, 0) is 14.6 Å². The van der Waals surface area contributed by atoms with Crippen LogP contribution in [0.4, 0.5) is 11.4 Å². The SMILES string of the molecule is O=C(CN1CCN([C@H]2CCS(=O)(=O)C2)CC1)Nc1ccccc1C(=O)Nc1ccccc1. The lowest BCUT2D eigenvalue weighted by atomic mass is 10.1. The van der Waals surface area contributed by atoms with Gasteiger partial charge in [-0.1, -0.05) is 30.3 Å². The van der Waals surface area contributed by atoms with Crippen molar-refractivity contribution >= 4 is 33.0 Å². The first-order chi connectivity index (χ1) is 15.4. The number of rotatable bonds is 6. The van der Waals surface area contributed by atoms with E-state index in [-0.39, 0.29) is 35.9 Å². The van der Waals surface area contributed by atoms with Crippen LogP contribution >= 0.6 is 0 Å². The molecule has 9 heteroatoms. The number of carbonyl (C=O) groups excluding carboxylic acids is 2. The van der Waals surface area contributed by atoms with Crippen LogP contribution in [0.15, 0.2) is 54.6 Å². The second kappa shape index (κ2) is 9.81. The summed E-state index contributed by atoms with van der Waals surface area (Å²) in [6, 6.07) is 16.2. The van der Waals surface area contributed by atoms with Crippen molar-refractivity contribution in [2.45, 2.75) is 12.5 Å². The molecule has 8 nitrogen and oxygen atoms in total. The number of para-hydroxylation sites is 2. The van der Waals surface area contributed by atoms with Crippen molar-refractivity contribution in [2.75, 3.05) is 54.9 Å². The molecule has 32 heavy (non-hydrogen) atoms. The van der Waals surface area contributed by atoms with Gasteiger partial charge in [-0.3, -0.25) is 19.4 Å². The van der Waals surface area contributed by atoms with Crippen molar-refractivity contribution in [3.05, 3.63) is 60.2 Å². The lowest BCUT2D eigenvalue weighted by Gasteiger charge is -2.37. The fourth-order valence-corrected chi connectivity index (χ4v) is 6.01. The normalized spacial score (nSPS) is 21.2. The molecule has 0 aliphatic carbocycles. The van der Waals surface area contributed by atoms with Gasteiger partial charge in [0.15, 0.2) is 9.84 Å². The number of nitrogens with zero attached hydrogens (tertiary/aromatic N) is 2. The van der Waals surface area contributed by atoms with Crippen LogP contribution in [0.5, 0.6) is 0 Å². The van der Waals surface area contributed by atoms with Gasteiger partial charge in [0.25, 0.3) is 5.91 Å². The van der Waals surface area contributed by atoms with Crippen molar-refractivity contribution in [1.29, 1.82) is 0 Å².